The summed E-state index contributed by atoms with van der Waals surface area (Å²) in [6, 6.07) is 15.1. The number of halogens is 1. The zero-order valence-electron chi connectivity index (χ0n) is 15.8. The smallest absolute Gasteiger partial charge is 0.243 e. The number of carbonyl (C=O) groups is 2. The van der Waals surface area contributed by atoms with Crippen molar-refractivity contribution < 1.29 is 14.0 Å². The number of aromatic nitrogens is 3. The van der Waals surface area contributed by atoms with E-state index in [0.717, 1.165) is 11.4 Å². The number of amides is 2. The molecular formula is C20H20FN5O2S. The number of thioether (sulfide) groups is 1. The molecule has 0 aliphatic heterocycles. The molecule has 1 heterocycles. The van der Waals surface area contributed by atoms with Gasteiger partial charge in [0.1, 0.15) is 5.82 Å². The average molecular weight is 413 g/mol. The van der Waals surface area contributed by atoms with Crippen molar-refractivity contribution in [3.05, 3.63) is 60.4 Å². The van der Waals surface area contributed by atoms with E-state index in [1.165, 1.54) is 36.0 Å². The molecule has 150 valence electrons. The van der Waals surface area contributed by atoms with Gasteiger partial charge in [-0.1, -0.05) is 42.1 Å². The molecule has 0 saturated carbocycles. The quantitative estimate of drug-likeness (QED) is 0.555. The number of benzene rings is 2. The topological polar surface area (TPSA) is 88.9 Å². The van der Waals surface area contributed by atoms with Gasteiger partial charge in [0.25, 0.3) is 0 Å². The zero-order valence-corrected chi connectivity index (χ0v) is 16.6. The van der Waals surface area contributed by atoms with Crippen LogP contribution < -0.4 is 10.6 Å². The molecule has 2 aromatic carbocycles. The van der Waals surface area contributed by atoms with Crippen LogP contribution in [0.1, 0.15) is 6.92 Å². The fourth-order valence-corrected chi connectivity index (χ4v) is 3.41. The van der Waals surface area contributed by atoms with Gasteiger partial charge in [-0.3, -0.25) is 9.59 Å². The molecule has 2 amide bonds. The summed E-state index contributed by atoms with van der Waals surface area (Å²) in [7, 11) is 0. The maximum Gasteiger partial charge on any atom is 0.243 e. The van der Waals surface area contributed by atoms with Gasteiger partial charge >= 0.3 is 0 Å². The van der Waals surface area contributed by atoms with E-state index in [0.29, 0.717) is 17.4 Å². The summed E-state index contributed by atoms with van der Waals surface area (Å²) in [5.41, 5.74) is 1.42. The third-order valence-corrected chi connectivity index (χ3v) is 4.94. The van der Waals surface area contributed by atoms with Gasteiger partial charge in [0.15, 0.2) is 11.0 Å². The first-order valence-electron chi connectivity index (χ1n) is 9.00. The van der Waals surface area contributed by atoms with Gasteiger partial charge in [0.05, 0.1) is 12.3 Å². The van der Waals surface area contributed by atoms with E-state index in [9.17, 15) is 14.0 Å². The molecule has 3 aromatic rings. The van der Waals surface area contributed by atoms with Gasteiger partial charge in [-0.05, 0) is 31.2 Å². The molecular weight excluding hydrogens is 393 g/mol. The maximum absolute atomic E-state index is 12.9. The van der Waals surface area contributed by atoms with Crippen molar-refractivity contribution in [3.63, 3.8) is 0 Å². The lowest BCUT2D eigenvalue weighted by atomic mass is 10.2. The van der Waals surface area contributed by atoms with Crippen molar-refractivity contribution in [2.45, 2.75) is 18.6 Å². The molecule has 0 fully saturated rings. The minimum atomic E-state index is -0.391. The molecule has 9 heteroatoms. The van der Waals surface area contributed by atoms with Crippen molar-refractivity contribution in [1.82, 2.24) is 20.1 Å². The van der Waals surface area contributed by atoms with E-state index in [-0.39, 0.29) is 24.0 Å². The van der Waals surface area contributed by atoms with Crippen LogP contribution in [-0.2, 0) is 16.1 Å². The number of hydrogen-bond donors (Lipinski definition) is 2. The van der Waals surface area contributed by atoms with Gasteiger partial charge in [0.2, 0.25) is 11.8 Å². The monoisotopic (exact) mass is 413 g/mol. The second kappa shape index (κ2) is 9.83. The van der Waals surface area contributed by atoms with Crippen LogP contribution in [0.5, 0.6) is 0 Å². The molecule has 2 N–H and O–H groups in total. The number of anilines is 1. The summed E-state index contributed by atoms with van der Waals surface area (Å²) in [6.07, 6.45) is 0. The zero-order chi connectivity index (χ0) is 20.6. The Hall–Kier alpha value is -3.20. The Morgan fingerprint density at radius 2 is 1.76 bits per heavy atom. The summed E-state index contributed by atoms with van der Waals surface area (Å²) in [4.78, 5) is 24.0. The van der Waals surface area contributed by atoms with Crippen LogP contribution in [0.25, 0.3) is 11.4 Å². The molecule has 3 rings (SSSR count). The standard InChI is InChI=1S/C20H20FN5O2S/c1-2-26-19(14-6-4-3-5-7-14)24-25-20(26)29-13-18(28)22-12-17(27)23-16-10-8-15(21)9-11-16/h3-11H,2,12-13H2,1H3,(H,22,28)(H,23,27). The Balaban J connectivity index is 1.50. The molecule has 0 unspecified atom stereocenters. The first-order valence-corrected chi connectivity index (χ1v) is 9.99. The normalized spacial score (nSPS) is 10.6. The van der Waals surface area contributed by atoms with Gasteiger partial charge in [-0.25, -0.2) is 4.39 Å². The number of nitrogens with one attached hydrogen (secondary N) is 2. The van der Waals surface area contributed by atoms with Gasteiger partial charge < -0.3 is 15.2 Å². The lowest BCUT2D eigenvalue weighted by Gasteiger charge is -2.08. The van der Waals surface area contributed by atoms with Crippen molar-refractivity contribution in [3.8, 4) is 11.4 Å². The first-order chi connectivity index (χ1) is 14.1. The van der Waals surface area contributed by atoms with Crippen LogP contribution in [-0.4, -0.2) is 38.9 Å². The van der Waals surface area contributed by atoms with Crippen LogP contribution >= 0.6 is 11.8 Å². The second-order valence-corrected chi connectivity index (χ2v) is 6.98. The highest BCUT2D eigenvalue weighted by Gasteiger charge is 2.14. The first kappa shape index (κ1) is 20.5. The van der Waals surface area contributed by atoms with Crippen LogP contribution in [0.4, 0.5) is 10.1 Å². The SMILES string of the molecule is CCn1c(SCC(=O)NCC(=O)Nc2ccc(F)cc2)nnc1-c1ccccc1. The fraction of sp³-hybridized carbons (Fsp3) is 0.200. The summed E-state index contributed by atoms with van der Waals surface area (Å²) < 4.78 is 14.8. The van der Waals surface area contributed by atoms with E-state index in [1.54, 1.807) is 0 Å². The van der Waals surface area contributed by atoms with E-state index in [2.05, 4.69) is 20.8 Å². The average Bonchev–Trinajstić information content (AvgIpc) is 3.16. The third-order valence-electron chi connectivity index (χ3n) is 3.97. The molecule has 0 saturated heterocycles. The van der Waals surface area contributed by atoms with Crippen LogP contribution in [0.15, 0.2) is 59.8 Å². The Bertz CT molecular complexity index is 976. The summed E-state index contributed by atoms with van der Waals surface area (Å²) in [6.45, 7) is 2.48. The summed E-state index contributed by atoms with van der Waals surface area (Å²) in [5.74, 6) is -0.218. The highest BCUT2D eigenvalue weighted by atomic mass is 32.2. The fourth-order valence-electron chi connectivity index (χ4n) is 2.58. The highest BCUT2D eigenvalue weighted by molar-refractivity contribution is 7.99. The van der Waals surface area contributed by atoms with Crippen LogP contribution in [0.2, 0.25) is 0 Å². The predicted molar refractivity (Wildman–Crippen MR) is 110 cm³/mol. The lowest BCUT2D eigenvalue weighted by Crippen LogP contribution is -2.33. The Morgan fingerprint density at radius 3 is 2.45 bits per heavy atom. The number of carbonyl (C=O) groups excluding carboxylic acids is 2. The Kier molecular flexibility index (Phi) is 6.96. The number of nitrogens with zero attached hydrogens (tertiary/aromatic N) is 3. The van der Waals surface area contributed by atoms with Crippen LogP contribution in [0.3, 0.4) is 0 Å². The maximum atomic E-state index is 12.9. The number of rotatable bonds is 8. The van der Waals surface area contributed by atoms with Gasteiger partial charge in [0, 0.05) is 17.8 Å². The molecule has 1 aromatic heterocycles. The number of hydrogen-bond acceptors (Lipinski definition) is 5. The Morgan fingerprint density at radius 1 is 1.03 bits per heavy atom. The molecule has 0 aliphatic carbocycles. The van der Waals surface area contributed by atoms with Crippen molar-refractivity contribution in [2.75, 3.05) is 17.6 Å². The van der Waals surface area contributed by atoms with Crippen molar-refractivity contribution in [1.29, 1.82) is 0 Å². The van der Waals surface area contributed by atoms with Crippen molar-refractivity contribution in [2.24, 2.45) is 0 Å². The largest absolute Gasteiger partial charge is 0.346 e. The van der Waals surface area contributed by atoms with E-state index in [4.69, 9.17) is 0 Å². The summed E-state index contributed by atoms with van der Waals surface area (Å²) >= 11 is 1.26. The molecule has 0 spiro atoms. The molecule has 0 aliphatic rings. The predicted octanol–water partition coefficient (Wildman–Crippen LogP) is 2.95. The second-order valence-electron chi connectivity index (χ2n) is 6.04. The molecule has 0 bridgehead atoms. The van der Waals surface area contributed by atoms with Gasteiger partial charge in [-0.15, -0.1) is 10.2 Å². The third kappa shape index (κ3) is 5.64. The minimum Gasteiger partial charge on any atom is -0.346 e. The molecule has 0 atom stereocenters. The van der Waals surface area contributed by atoms with E-state index in [1.807, 2.05) is 41.8 Å². The molecule has 0 radical (unpaired) electrons. The van der Waals surface area contributed by atoms with Crippen LogP contribution in [0, 0.1) is 5.82 Å². The van der Waals surface area contributed by atoms with Crippen molar-refractivity contribution >= 4 is 29.3 Å². The van der Waals surface area contributed by atoms with E-state index < -0.39 is 5.91 Å². The molecule has 29 heavy (non-hydrogen) atoms. The Labute approximate surface area is 171 Å². The van der Waals surface area contributed by atoms with Gasteiger partial charge in [-0.2, -0.15) is 0 Å². The highest BCUT2D eigenvalue weighted by Crippen LogP contribution is 2.23. The van der Waals surface area contributed by atoms with E-state index >= 15 is 0 Å². The lowest BCUT2D eigenvalue weighted by molar-refractivity contribution is -0.122. The minimum absolute atomic E-state index is 0.108. The molecule has 7 nitrogen and oxygen atoms in total. The summed E-state index contributed by atoms with van der Waals surface area (Å²) in [5, 5.41) is 14.2.